The third-order valence-corrected chi connectivity index (χ3v) is 5.44. The predicted octanol–water partition coefficient (Wildman–Crippen LogP) is 6.05. The molecular weight excluding hydrogens is 402 g/mol. The normalized spacial score (nSPS) is 12.1. The van der Waals surface area contributed by atoms with E-state index in [4.69, 9.17) is 14.2 Å². The monoisotopic (exact) mass is 449 g/mol. The topological polar surface area (TPSA) is 56.8 Å². The molecule has 0 saturated heterocycles. The van der Waals surface area contributed by atoms with Crippen LogP contribution in [0.2, 0.25) is 0 Å². The van der Waals surface area contributed by atoms with Crippen molar-refractivity contribution < 1.29 is 19.0 Å². The lowest BCUT2D eigenvalue weighted by atomic mass is 10.1. The summed E-state index contributed by atoms with van der Waals surface area (Å²) in [6.07, 6.45) is 13.3. The first-order valence-electron chi connectivity index (χ1n) is 12.9. The number of carbonyl (C=O) groups is 1. The molecule has 0 radical (unpaired) electrons. The van der Waals surface area contributed by atoms with Crippen molar-refractivity contribution in [3.05, 3.63) is 35.9 Å². The van der Waals surface area contributed by atoms with Crippen LogP contribution in [-0.2, 0) is 25.6 Å². The molecule has 1 aromatic carbocycles. The number of esters is 1. The minimum atomic E-state index is -0.250. The van der Waals surface area contributed by atoms with Gasteiger partial charge >= 0.3 is 5.97 Å². The maximum absolute atomic E-state index is 11.7. The van der Waals surface area contributed by atoms with E-state index >= 15 is 0 Å². The predicted molar refractivity (Wildman–Crippen MR) is 132 cm³/mol. The van der Waals surface area contributed by atoms with Crippen LogP contribution in [-0.4, -0.2) is 45.0 Å². The molecule has 32 heavy (non-hydrogen) atoms. The average Bonchev–Trinajstić information content (AvgIpc) is 2.82. The number of rotatable bonds is 22. The van der Waals surface area contributed by atoms with Crippen LogP contribution in [0.4, 0.5) is 0 Å². The van der Waals surface area contributed by atoms with E-state index in [9.17, 15) is 4.79 Å². The van der Waals surface area contributed by atoms with E-state index in [-0.39, 0.29) is 12.1 Å². The van der Waals surface area contributed by atoms with Crippen molar-refractivity contribution in [1.82, 2.24) is 5.32 Å². The summed E-state index contributed by atoms with van der Waals surface area (Å²) in [7, 11) is 0. The lowest BCUT2D eigenvalue weighted by Gasteiger charge is -2.18. The maximum atomic E-state index is 11.7. The van der Waals surface area contributed by atoms with E-state index in [0.29, 0.717) is 39.3 Å². The van der Waals surface area contributed by atoms with Crippen LogP contribution in [0.15, 0.2) is 30.3 Å². The van der Waals surface area contributed by atoms with E-state index in [1.54, 1.807) is 0 Å². The zero-order chi connectivity index (χ0) is 23.1. The second kappa shape index (κ2) is 21.4. The lowest BCUT2D eigenvalue weighted by Crippen LogP contribution is -2.36. The Morgan fingerprint density at radius 2 is 1.50 bits per heavy atom. The summed E-state index contributed by atoms with van der Waals surface area (Å²) in [5, 5.41) is 3.31. The summed E-state index contributed by atoms with van der Waals surface area (Å²) in [5.74, 6) is -0.181. The summed E-state index contributed by atoms with van der Waals surface area (Å²) in [5.41, 5.74) is 1.17. The highest BCUT2D eigenvalue weighted by Gasteiger charge is 2.13. The minimum absolute atomic E-state index is 0.181. The smallest absolute Gasteiger partial charge is 0.305 e. The van der Waals surface area contributed by atoms with Gasteiger partial charge in [0.05, 0.1) is 19.8 Å². The van der Waals surface area contributed by atoms with Gasteiger partial charge in [-0.15, -0.1) is 0 Å². The Hall–Kier alpha value is -1.43. The molecule has 1 N–H and O–H groups in total. The first-order chi connectivity index (χ1) is 15.8. The van der Waals surface area contributed by atoms with Crippen molar-refractivity contribution in [2.45, 2.75) is 97.2 Å². The highest BCUT2D eigenvalue weighted by atomic mass is 16.6. The molecule has 1 atom stereocenters. The van der Waals surface area contributed by atoms with Gasteiger partial charge in [0, 0.05) is 26.1 Å². The van der Waals surface area contributed by atoms with Crippen molar-refractivity contribution in [3.8, 4) is 0 Å². The lowest BCUT2D eigenvalue weighted by molar-refractivity contribution is -0.151. The molecule has 0 bridgehead atoms. The van der Waals surface area contributed by atoms with E-state index in [2.05, 4.69) is 24.4 Å². The highest BCUT2D eigenvalue weighted by molar-refractivity contribution is 5.69. The van der Waals surface area contributed by atoms with Crippen molar-refractivity contribution in [2.24, 2.45) is 0 Å². The Labute approximate surface area is 196 Å². The van der Waals surface area contributed by atoms with E-state index < -0.39 is 0 Å². The zero-order valence-corrected chi connectivity index (χ0v) is 20.6. The van der Waals surface area contributed by atoms with Crippen LogP contribution in [0, 0.1) is 0 Å². The molecule has 1 rings (SSSR count). The van der Waals surface area contributed by atoms with Crippen LogP contribution in [0.1, 0.15) is 90.0 Å². The van der Waals surface area contributed by atoms with Gasteiger partial charge in [0.25, 0.3) is 0 Å². The Bertz CT molecular complexity index is 538. The van der Waals surface area contributed by atoms with Crippen LogP contribution >= 0.6 is 0 Å². The number of hydrogen-bond acceptors (Lipinski definition) is 5. The molecule has 0 aromatic heterocycles. The van der Waals surface area contributed by atoms with Gasteiger partial charge in [0.1, 0.15) is 6.10 Å². The molecule has 1 aromatic rings. The van der Waals surface area contributed by atoms with Gasteiger partial charge in [-0.05, 0) is 12.0 Å². The molecule has 0 fully saturated rings. The van der Waals surface area contributed by atoms with Crippen molar-refractivity contribution in [2.75, 3.05) is 32.9 Å². The number of carbonyl (C=O) groups excluding carboxylic acids is 1. The fraction of sp³-hybridized carbons (Fsp3) is 0.741. The van der Waals surface area contributed by atoms with E-state index in [0.717, 1.165) is 13.0 Å². The summed E-state index contributed by atoms with van der Waals surface area (Å²) in [4.78, 5) is 11.7. The largest absolute Gasteiger partial charge is 0.459 e. The molecule has 0 aliphatic rings. The number of ether oxygens (including phenoxy) is 3. The van der Waals surface area contributed by atoms with Crippen LogP contribution in [0.5, 0.6) is 0 Å². The van der Waals surface area contributed by atoms with Crippen LogP contribution in [0.3, 0.4) is 0 Å². The molecule has 0 aliphatic carbocycles. The second-order valence-electron chi connectivity index (χ2n) is 8.46. The molecule has 0 spiro atoms. The van der Waals surface area contributed by atoms with E-state index in [1.165, 1.54) is 63.4 Å². The average molecular weight is 450 g/mol. The summed E-state index contributed by atoms with van der Waals surface area (Å²) < 4.78 is 17.0. The van der Waals surface area contributed by atoms with Gasteiger partial charge in [-0.2, -0.15) is 0 Å². The van der Waals surface area contributed by atoms with Gasteiger partial charge in [-0.25, -0.2) is 0 Å². The number of hydrogen-bond donors (Lipinski definition) is 1. The Morgan fingerprint density at radius 1 is 0.844 bits per heavy atom. The molecule has 0 amide bonds. The van der Waals surface area contributed by atoms with Crippen molar-refractivity contribution >= 4 is 5.97 Å². The standard InChI is InChI=1S/C27H47NO4/c1-3-5-6-7-8-9-10-11-12-16-20-30-24-26(32-27(29)4-2)22-28-19-21-31-23-25-17-14-13-15-18-25/h13-15,17-18,26,28H,3-12,16,19-24H2,1-2H3. The van der Waals surface area contributed by atoms with Crippen LogP contribution in [0.25, 0.3) is 0 Å². The highest BCUT2D eigenvalue weighted by Crippen LogP contribution is 2.10. The summed E-state index contributed by atoms with van der Waals surface area (Å²) in [6, 6.07) is 10.1. The molecule has 0 heterocycles. The van der Waals surface area contributed by atoms with Crippen LogP contribution < -0.4 is 5.32 Å². The third-order valence-electron chi connectivity index (χ3n) is 5.44. The number of unbranched alkanes of at least 4 members (excludes halogenated alkanes) is 9. The first-order valence-corrected chi connectivity index (χ1v) is 12.9. The molecule has 5 nitrogen and oxygen atoms in total. The molecule has 1 unspecified atom stereocenters. The number of nitrogens with one attached hydrogen (secondary N) is 1. The quantitative estimate of drug-likeness (QED) is 0.172. The minimum Gasteiger partial charge on any atom is -0.459 e. The Morgan fingerprint density at radius 3 is 2.16 bits per heavy atom. The van der Waals surface area contributed by atoms with Gasteiger partial charge < -0.3 is 19.5 Å². The van der Waals surface area contributed by atoms with Crippen molar-refractivity contribution in [1.29, 1.82) is 0 Å². The fourth-order valence-corrected chi connectivity index (χ4v) is 3.48. The van der Waals surface area contributed by atoms with Gasteiger partial charge in [-0.3, -0.25) is 4.79 Å². The van der Waals surface area contributed by atoms with E-state index in [1.807, 2.05) is 25.1 Å². The SMILES string of the molecule is CCCCCCCCCCCCOCC(CNCCOCc1ccccc1)OC(=O)CC. The zero-order valence-electron chi connectivity index (χ0n) is 20.6. The Balaban J connectivity index is 2.03. The Kier molecular flexibility index (Phi) is 19.1. The second-order valence-corrected chi connectivity index (χ2v) is 8.46. The van der Waals surface area contributed by atoms with Crippen molar-refractivity contribution in [3.63, 3.8) is 0 Å². The molecular formula is C27H47NO4. The van der Waals surface area contributed by atoms with Gasteiger partial charge in [0.15, 0.2) is 0 Å². The summed E-state index contributed by atoms with van der Waals surface area (Å²) in [6.45, 7) is 7.77. The molecule has 0 saturated carbocycles. The van der Waals surface area contributed by atoms with Gasteiger partial charge in [-0.1, -0.05) is 102 Å². The number of benzene rings is 1. The molecule has 0 aliphatic heterocycles. The van der Waals surface area contributed by atoms with Gasteiger partial charge in [0.2, 0.25) is 0 Å². The molecule has 5 heteroatoms. The maximum Gasteiger partial charge on any atom is 0.305 e. The first kappa shape index (κ1) is 28.6. The molecule has 184 valence electrons. The third kappa shape index (κ3) is 17.2. The summed E-state index contributed by atoms with van der Waals surface area (Å²) >= 11 is 0. The fourth-order valence-electron chi connectivity index (χ4n) is 3.48.